The van der Waals surface area contributed by atoms with Gasteiger partial charge in [-0.1, -0.05) is 0 Å². The molecule has 3 aliphatic carbocycles. The van der Waals surface area contributed by atoms with E-state index in [9.17, 15) is 20.0 Å². The predicted octanol–water partition coefficient (Wildman–Crippen LogP) is 3.77. The lowest BCUT2D eigenvalue weighted by Gasteiger charge is -2.51. The third kappa shape index (κ3) is 5.58. The minimum absolute atomic E-state index is 0.203. The summed E-state index contributed by atoms with van der Waals surface area (Å²) in [6.45, 7) is 4.06. The lowest BCUT2D eigenvalue weighted by Crippen LogP contribution is -2.54. The molecule has 0 spiro atoms. The first-order chi connectivity index (χ1) is 19.0. The average Bonchev–Trinajstić information content (AvgIpc) is 3.36. The van der Waals surface area contributed by atoms with Crippen LogP contribution in [0.25, 0.3) is 16.9 Å². The summed E-state index contributed by atoms with van der Waals surface area (Å²) in [5.41, 5.74) is 2.37. The fourth-order valence-electron chi connectivity index (χ4n) is 5.75. The van der Waals surface area contributed by atoms with Gasteiger partial charge in [0.2, 0.25) is 0 Å². The second kappa shape index (κ2) is 10.4. The van der Waals surface area contributed by atoms with E-state index in [0.29, 0.717) is 35.5 Å². The molecular formula is C29H35N7O4. The van der Waals surface area contributed by atoms with Gasteiger partial charge in [0.25, 0.3) is 5.91 Å². The predicted molar refractivity (Wildman–Crippen MR) is 149 cm³/mol. The summed E-state index contributed by atoms with van der Waals surface area (Å²) in [6.07, 6.45) is 7.72. The molecule has 3 fully saturated rings. The number of amides is 2. The molecule has 0 aromatic carbocycles. The largest absolute Gasteiger partial charge is 0.453 e. The van der Waals surface area contributed by atoms with Gasteiger partial charge in [-0.05, 0) is 83.1 Å². The highest BCUT2D eigenvalue weighted by Gasteiger charge is 2.48. The van der Waals surface area contributed by atoms with Crippen molar-refractivity contribution in [3.8, 4) is 17.5 Å². The van der Waals surface area contributed by atoms with Crippen molar-refractivity contribution in [3.05, 3.63) is 47.8 Å². The topological polar surface area (TPSA) is 154 Å². The van der Waals surface area contributed by atoms with Crippen LogP contribution in [-0.4, -0.2) is 62.0 Å². The van der Waals surface area contributed by atoms with Gasteiger partial charge in [-0.25, -0.2) is 9.31 Å². The molecule has 3 aromatic heterocycles. The number of hydrogen-bond donors (Lipinski definition) is 4. The molecule has 0 atom stereocenters. The molecular weight excluding hydrogens is 510 g/mol. The Bertz CT molecular complexity index is 1460. The van der Waals surface area contributed by atoms with Crippen LogP contribution in [0.1, 0.15) is 74.7 Å². The third-order valence-corrected chi connectivity index (χ3v) is 8.31. The molecule has 11 nitrogen and oxygen atoms in total. The molecule has 2 bridgehead atoms. The molecule has 0 aliphatic heterocycles. The van der Waals surface area contributed by atoms with Gasteiger partial charge in [0.15, 0.2) is 0 Å². The first-order valence-electron chi connectivity index (χ1n) is 13.6. The van der Waals surface area contributed by atoms with Crippen LogP contribution in [0.15, 0.2) is 36.7 Å². The third-order valence-electron chi connectivity index (χ3n) is 8.31. The normalized spacial score (nSPS) is 22.0. The Morgan fingerprint density at radius 1 is 1.15 bits per heavy atom. The monoisotopic (exact) mass is 545 g/mol. The zero-order valence-electron chi connectivity index (χ0n) is 23.1. The highest BCUT2D eigenvalue weighted by atomic mass is 16.5. The number of rotatable bonds is 8. The van der Waals surface area contributed by atoms with Crippen molar-refractivity contribution in [2.24, 2.45) is 0 Å². The zero-order chi connectivity index (χ0) is 28.5. The smallest absolute Gasteiger partial charge is 0.407 e. The molecule has 3 aliphatic rings. The number of anilines is 1. The summed E-state index contributed by atoms with van der Waals surface area (Å²) in [5, 5.41) is 33.8. The molecule has 3 aromatic rings. The minimum atomic E-state index is -0.573. The molecule has 3 saturated carbocycles. The summed E-state index contributed by atoms with van der Waals surface area (Å²) in [7, 11) is 1.31. The number of alkyl carbamates (subject to hydrolysis) is 1. The van der Waals surface area contributed by atoms with Crippen LogP contribution in [0.2, 0.25) is 0 Å². The van der Waals surface area contributed by atoms with Crippen molar-refractivity contribution in [2.75, 3.05) is 19.0 Å². The zero-order valence-corrected chi connectivity index (χ0v) is 23.1. The highest BCUT2D eigenvalue weighted by Crippen LogP contribution is 2.48. The van der Waals surface area contributed by atoms with Crippen LogP contribution in [0, 0.1) is 11.3 Å². The van der Waals surface area contributed by atoms with E-state index in [0.717, 1.165) is 49.7 Å². The van der Waals surface area contributed by atoms with E-state index in [-0.39, 0.29) is 11.4 Å². The van der Waals surface area contributed by atoms with Crippen molar-refractivity contribution in [2.45, 2.75) is 75.5 Å². The van der Waals surface area contributed by atoms with Crippen molar-refractivity contribution in [3.63, 3.8) is 0 Å². The SMILES string of the molecule is COC(=O)NC(C)(C)CCNC(=O)c1cnc(-c2ccc3cc(C#N)cnn23)cc1NC12CCC(O)(CC1)CC2. The lowest BCUT2D eigenvalue weighted by molar-refractivity contribution is -0.0580. The number of carbonyl (C=O) groups is 2. The Morgan fingerprint density at radius 2 is 1.88 bits per heavy atom. The molecule has 6 rings (SSSR count). The van der Waals surface area contributed by atoms with Gasteiger partial charge >= 0.3 is 6.09 Å². The number of aliphatic hydroxyl groups is 1. The minimum Gasteiger partial charge on any atom is -0.453 e. The molecule has 2 amide bonds. The van der Waals surface area contributed by atoms with Crippen molar-refractivity contribution < 1.29 is 19.4 Å². The van der Waals surface area contributed by atoms with E-state index < -0.39 is 17.2 Å². The van der Waals surface area contributed by atoms with Crippen molar-refractivity contribution in [1.82, 2.24) is 25.2 Å². The number of nitrogens with zero attached hydrogens (tertiary/aromatic N) is 4. The Kier molecular flexibility index (Phi) is 7.14. The fraction of sp³-hybridized carbons (Fsp3) is 0.483. The van der Waals surface area contributed by atoms with E-state index >= 15 is 0 Å². The maximum absolute atomic E-state index is 13.4. The second-order valence-electron chi connectivity index (χ2n) is 11.7. The van der Waals surface area contributed by atoms with Gasteiger partial charge < -0.3 is 25.8 Å². The number of pyridine rings is 1. The Labute approximate surface area is 232 Å². The van der Waals surface area contributed by atoms with Gasteiger partial charge in [0.1, 0.15) is 6.07 Å². The van der Waals surface area contributed by atoms with Gasteiger partial charge in [0.05, 0.1) is 52.6 Å². The van der Waals surface area contributed by atoms with Crippen molar-refractivity contribution >= 4 is 23.2 Å². The van der Waals surface area contributed by atoms with Gasteiger partial charge in [-0.15, -0.1) is 0 Å². The molecule has 0 saturated heterocycles. The second-order valence-corrected chi connectivity index (χ2v) is 11.7. The molecule has 3 heterocycles. The molecule has 0 radical (unpaired) electrons. The number of nitrogens with one attached hydrogen (secondary N) is 3. The molecule has 40 heavy (non-hydrogen) atoms. The van der Waals surface area contributed by atoms with E-state index in [1.807, 2.05) is 32.0 Å². The summed E-state index contributed by atoms with van der Waals surface area (Å²) in [4.78, 5) is 29.7. The highest BCUT2D eigenvalue weighted by molar-refractivity contribution is 6.00. The van der Waals surface area contributed by atoms with Gasteiger partial charge in [0, 0.05) is 23.8 Å². The van der Waals surface area contributed by atoms with Crippen LogP contribution in [0.4, 0.5) is 10.5 Å². The van der Waals surface area contributed by atoms with Crippen LogP contribution in [0.5, 0.6) is 0 Å². The molecule has 4 N–H and O–H groups in total. The maximum Gasteiger partial charge on any atom is 0.407 e. The number of fused-ring (bicyclic) bond motifs is 4. The number of aromatic nitrogens is 3. The van der Waals surface area contributed by atoms with Crippen LogP contribution >= 0.6 is 0 Å². The van der Waals surface area contributed by atoms with Crippen molar-refractivity contribution in [1.29, 1.82) is 5.26 Å². The Morgan fingerprint density at radius 3 is 2.55 bits per heavy atom. The molecule has 0 unspecified atom stereocenters. The lowest BCUT2D eigenvalue weighted by atomic mass is 9.63. The quantitative estimate of drug-likeness (QED) is 0.334. The average molecular weight is 546 g/mol. The number of methoxy groups -OCH3 is 1. The van der Waals surface area contributed by atoms with Gasteiger partial charge in [-0.2, -0.15) is 10.4 Å². The van der Waals surface area contributed by atoms with Gasteiger partial charge in [-0.3, -0.25) is 9.78 Å². The molecule has 11 heteroatoms. The summed E-state index contributed by atoms with van der Waals surface area (Å²) < 4.78 is 6.42. The summed E-state index contributed by atoms with van der Waals surface area (Å²) in [6, 6.07) is 9.52. The van der Waals surface area contributed by atoms with Crippen LogP contribution < -0.4 is 16.0 Å². The standard InChI is InChI=1S/C29H35N7O4/c1-27(2,35-26(38)40-3)12-13-31-25(37)21-18-32-23(24-5-4-20-14-19(16-30)17-33-36(20)24)15-22(21)34-28-6-9-29(39,10-7-28)11-8-28/h4-5,14-15,17-18,39H,6-13H2,1-3H3,(H,31,37)(H,32,34)(H,35,38). The summed E-state index contributed by atoms with van der Waals surface area (Å²) >= 11 is 0. The number of ether oxygens (including phenoxy) is 1. The number of hydrogen-bond acceptors (Lipinski definition) is 8. The van der Waals surface area contributed by atoms with E-state index in [4.69, 9.17) is 4.74 Å². The van der Waals surface area contributed by atoms with Crippen LogP contribution in [-0.2, 0) is 4.74 Å². The van der Waals surface area contributed by atoms with Crippen LogP contribution in [0.3, 0.4) is 0 Å². The Hall–Kier alpha value is -4.17. The number of nitriles is 1. The first-order valence-corrected chi connectivity index (χ1v) is 13.6. The van der Waals surface area contributed by atoms with E-state index in [2.05, 4.69) is 32.1 Å². The van der Waals surface area contributed by atoms with E-state index in [1.165, 1.54) is 13.3 Å². The Balaban J connectivity index is 1.42. The maximum atomic E-state index is 13.4. The number of carbonyl (C=O) groups excluding carboxylic acids is 2. The first kappa shape index (κ1) is 27.4. The fourth-order valence-corrected chi connectivity index (χ4v) is 5.75. The van der Waals surface area contributed by atoms with E-state index in [1.54, 1.807) is 16.8 Å². The molecule has 210 valence electrons. The summed E-state index contributed by atoms with van der Waals surface area (Å²) in [5.74, 6) is -0.272.